The number of hydrogen-bond donors (Lipinski definition) is 2. The van der Waals surface area contributed by atoms with E-state index in [9.17, 15) is 14.4 Å². The first-order valence-electron chi connectivity index (χ1n) is 7.16. The van der Waals surface area contributed by atoms with Gasteiger partial charge in [-0.1, -0.05) is 13.3 Å². The zero-order chi connectivity index (χ0) is 16.0. The summed E-state index contributed by atoms with van der Waals surface area (Å²) in [6, 6.07) is -0.304. The predicted octanol–water partition coefficient (Wildman–Crippen LogP) is 0.938. The van der Waals surface area contributed by atoms with Crippen molar-refractivity contribution in [3.8, 4) is 0 Å². The fraction of sp³-hybridized carbons (Fsp3) is 0.786. The summed E-state index contributed by atoms with van der Waals surface area (Å²) in [7, 11) is 2.91. The Kier molecular flexibility index (Phi) is 6.45. The minimum atomic E-state index is -0.792. The maximum atomic E-state index is 11.9. The Morgan fingerprint density at radius 1 is 1.38 bits per heavy atom. The van der Waals surface area contributed by atoms with Crippen LogP contribution in [0.3, 0.4) is 0 Å². The molecule has 0 aromatic rings. The molecule has 7 nitrogen and oxygen atoms in total. The number of amides is 2. The van der Waals surface area contributed by atoms with Gasteiger partial charge in [-0.15, -0.1) is 0 Å². The zero-order valence-electron chi connectivity index (χ0n) is 12.8. The van der Waals surface area contributed by atoms with Crippen LogP contribution in [0.2, 0.25) is 0 Å². The van der Waals surface area contributed by atoms with E-state index >= 15 is 0 Å². The number of ether oxygens (including phenoxy) is 1. The van der Waals surface area contributed by atoms with Crippen LogP contribution in [0.5, 0.6) is 0 Å². The Morgan fingerprint density at radius 2 is 2.05 bits per heavy atom. The minimum absolute atomic E-state index is 0.0159. The van der Waals surface area contributed by atoms with E-state index in [1.165, 1.54) is 12.0 Å². The molecule has 2 N–H and O–H groups in total. The summed E-state index contributed by atoms with van der Waals surface area (Å²) in [5.41, 5.74) is 0. The topological polar surface area (TPSA) is 95.9 Å². The smallest absolute Gasteiger partial charge is 0.317 e. The summed E-state index contributed by atoms with van der Waals surface area (Å²) in [6.07, 6.45) is 2.37. The largest absolute Gasteiger partial charge is 0.481 e. The maximum absolute atomic E-state index is 11.9. The number of rotatable bonds is 6. The van der Waals surface area contributed by atoms with Crippen LogP contribution in [-0.4, -0.2) is 55.2 Å². The molecule has 0 radical (unpaired) electrons. The molecule has 0 spiro atoms. The molecule has 0 aromatic heterocycles. The van der Waals surface area contributed by atoms with Crippen LogP contribution in [0.15, 0.2) is 0 Å². The Bertz CT molecular complexity index is 399. The molecular formula is C14H24N2O5. The van der Waals surface area contributed by atoms with Gasteiger partial charge in [-0.3, -0.25) is 9.59 Å². The van der Waals surface area contributed by atoms with Crippen LogP contribution in [0.1, 0.15) is 26.2 Å². The lowest BCUT2D eigenvalue weighted by molar-refractivity contribution is -0.145. The number of carbonyl (C=O) groups is 3. The summed E-state index contributed by atoms with van der Waals surface area (Å²) >= 11 is 0. The maximum Gasteiger partial charge on any atom is 0.317 e. The Hall–Kier alpha value is -1.79. The van der Waals surface area contributed by atoms with Gasteiger partial charge in [-0.05, 0) is 18.8 Å². The first-order chi connectivity index (χ1) is 9.86. The second-order valence-electron chi connectivity index (χ2n) is 5.63. The van der Waals surface area contributed by atoms with Crippen LogP contribution in [0.25, 0.3) is 0 Å². The highest BCUT2D eigenvalue weighted by Gasteiger charge is 2.33. The van der Waals surface area contributed by atoms with Gasteiger partial charge in [0.05, 0.1) is 18.9 Å². The van der Waals surface area contributed by atoms with E-state index in [-0.39, 0.29) is 30.4 Å². The van der Waals surface area contributed by atoms with Gasteiger partial charge in [0, 0.05) is 20.1 Å². The van der Waals surface area contributed by atoms with Crippen LogP contribution < -0.4 is 5.32 Å². The minimum Gasteiger partial charge on any atom is -0.481 e. The molecule has 3 atom stereocenters. The summed E-state index contributed by atoms with van der Waals surface area (Å²) < 4.78 is 4.61. The highest BCUT2D eigenvalue weighted by Crippen LogP contribution is 2.31. The number of carbonyl (C=O) groups excluding carboxylic acids is 2. The van der Waals surface area contributed by atoms with Crippen molar-refractivity contribution in [2.75, 3.05) is 27.2 Å². The average Bonchev–Trinajstić information content (AvgIpc) is 2.92. The lowest BCUT2D eigenvalue weighted by Gasteiger charge is -2.23. The van der Waals surface area contributed by atoms with Crippen molar-refractivity contribution < 1.29 is 24.2 Å². The van der Waals surface area contributed by atoms with Gasteiger partial charge in [0.2, 0.25) is 0 Å². The SMILES string of the molecule is COC(=O)C(C)CN(C)C(=O)NCC1CCCC1C(=O)O. The lowest BCUT2D eigenvalue weighted by Crippen LogP contribution is -2.43. The van der Waals surface area contributed by atoms with E-state index in [0.717, 1.165) is 12.8 Å². The van der Waals surface area contributed by atoms with Gasteiger partial charge in [-0.2, -0.15) is 0 Å². The molecular weight excluding hydrogens is 276 g/mol. The lowest BCUT2D eigenvalue weighted by atomic mass is 9.96. The van der Waals surface area contributed by atoms with E-state index < -0.39 is 11.9 Å². The molecule has 0 aromatic carbocycles. The quantitative estimate of drug-likeness (QED) is 0.712. The molecule has 2 amide bonds. The van der Waals surface area contributed by atoms with E-state index in [1.54, 1.807) is 14.0 Å². The fourth-order valence-electron chi connectivity index (χ4n) is 2.73. The van der Waals surface area contributed by atoms with Crippen LogP contribution >= 0.6 is 0 Å². The molecule has 7 heteroatoms. The molecule has 0 heterocycles. The number of urea groups is 1. The second-order valence-corrected chi connectivity index (χ2v) is 5.63. The van der Waals surface area contributed by atoms with Gasteiger partial charge in [-0.25, -0.2) is 4.79 Å². The molecule has 1 aliphatic rings. The highest BCUT2D eigenvalue weighted by molar-refractivity contribution is 5.76. The third kappa shape index (κ3) is 4.91. The number of carboxylic acids is 1. The molecule has 1 saturated carbocycles. The van der Waals surface area contributed by atoms with E-state index in [1.807, 2.05) is 0 Å². The van der Waals surface area contributed by atoms with Gasteiger partial charge < -0.3 is 20.1 Å². The van der Waals surface area contributed by atoms with Crippen LogP contribution in [-0.2, 0) is 14.3 Å². The van der Waals surface area contributed by atoms with Crippen molar-refractivity contribution in [1.29, 1.82) is 0 Å². The van der Waals surface area contributed by atoms with Crippen molar-refractivity contribution in [2.45, 2.75) is 26.2 Å². The Balaban J connectivity index is 2.39. The van der Waals surface area contributed by atoms with Crippen LogP contribution in [0, 0.1) is 17.8 Å². The summed E-state index contributed by atoms with van der Waals surface area (Å²) in [4.78, 5) is 35.7. The predicted molar refractivity (Wildman–Crippen MR) is 75.7 cm³/mol. The number of nitrogens with zero attached hydrogens (tertiary/aromatic N) is 1. The fourth-order valence-corrected chi connectivity index (χ4v) is 2.73. The van der Waals surface area contributed by atoms with Gasteiger partial charge in [0.25, 0.3) is 0 Å². The molecule has 0 saturated heterocycles. The van der Waals surface area contributed by atoms with Crippen molar-refractivity contribution in [2.24, 2.45) is 17.8 Å². The van der Waals surface area contributed by atoms with E-state index in [2.05, 4.69) is 10.1 Å². The number of aliphatic carboxylic acids is 1. The number of carboxylic acid groups (broad SMARTS) is 1. The normalized spacial score (nSPS) is 22.4. The van der Waals surface area contributed by atoms with Gasteiger partial charge in [0.15, 0.2) is 0 Å². The third-order valence-corrected chi connectivity index (χ3v) is 3.99. The molecule has 3 unspecified atom stereocenters. The zero-order valence-corrected chi connectivity index (χ0v) is 12.8. The molecule has 1 aliphatic carbocycles. The van der Waals surface area contributed by atoms with E-state index in [4.69, 9.17) is 5.11 Å². The molecule has 1 rings (SSSR count). The van der Waals surface area contributed by atoms with Crippen molar-refractivity contribution >= 4 is 18.0 Å². The van der Waals surface area contributed by atoms with Crippen LogP contribution in [0.4, 0.5) is 4.79 Å². The number of nitrogens with one attached hydrogen (secondary N) is 1. The average molecular weight is 300 g/mol. The number of esters is 1. The monoisotopic (exact) mass is 300 g/mol. The molecule has 21 heavy (non-hydrogen) atoms. The first kappa shape index (κ1) is 17.3. The summed E-state index contributed by atoms with van der Waals surface area (Å²) in [6.45, 7) is 2.30. The first-order valence-corrected chi connectivity index (χ1v) is 7.16. The molecule has 1 fully saturated rings. The van der Waals surface area contributed by atoms with Gasteiger partial charge in [0.1, 0.15) is 0 Å². The molecule has 0 aliphatic heterocycles. The standard InChI is InChI=1S/C14H24N2O5/c1-9(13(19)21-3)8-16(2)14(20)15-7-10-5-4-6-11(10)12(17)18/h9-11H,4-8H2,1-3H3,(H,15,20)(H,17,18). The van der Waals surface area contributed by atoms with Gasteiger partial charge >= 0.3 is 18.0 Å². The van der Waals surface area contributed by atoms with Crippen molar-refractivity contribution in [3.05, 3.63) is 0 Å². The van der Waals surface area contributed by atoms with E-state index in [0.29, 0.717) is 13.0 Å². The second kappa shape index (κ2) is 7.85. The highest BCUT2D eigenvalue weighted by atomic mass is 16.5. The summed E-state index contributed by atoms with van der Waals surface area (Å²) in [5.74, 6) is -1.94. The number of methoxy groups -OCH3 is 1. The van der Waals surface area contributed by atoms with Crippen molar-refractivity contribution in [1.82, 2.24) is 10.2 Å². The Morgan fingerprint density at radius 3 is 2.62 bits per heavy atom. The molecule has 0 bridgehead atoms. The number of hydrogen-bond acceptors (Lipinski definition) is 4. The third-order valence-electron chi connectivity index (χ3n) is 3.99. The Labute approximate surface area is 124 Å². The molecule has 120 valence electrons. The van der Waals surface area contributed by atoms with Crippen molar-refractivity contribution in [3.63, 3.8) is 0 Å². The summed E-state index contributed by atoms with van der Waals surface area (Å²) in [5, 5.41) is 11.8.